The molecule has 0 radical (unpaired) electrons. The van der Waals surface area contributed by atoms with Gasteiger partial charge in [0.2, 0.25) is 5.91 Å². The molecule has 0 fully saturated rings. The summed E-state index contributed by atoms with van der Waals surface area (Å²) in [4.78, 5) is 23.6. The number of rotatable bonds is 3. The minimum absolute atomic E-state index is 0.190. The molecule has 0 unspecified atom stereocenters. The van der Waals surface area contributed by atoms with Gasteiger partial charge in [-0.1, -0.05) is 18.2 Å². The summed E-state index contributed by atoms with van der Waals surface area (Å²) in [5.74, 6) is -2.19. The van der Waals surface area contributed by atoms with E-state index in [1.54, 1.807) is 0 Å². The lowest BCUT2D eigenvalue weighted by Crippen LogP contribution is -2.34. The van der Waals surface area contributed by atoms with Crippen molar-refractivity contribution in [3.8, 4) is 0 Å². The predicted molar refractivity (Wildman–Crippen MR) is 80.1 cm³/mol. The molecule has 2 atom stereocenters. The maximum atomic E-state index is 12.4. The van der Waals surface area contributed by atoms with E-state index in [1.807, 2.05) is 24.3 Å². The van der Waals surface area contributed by atoms with Crippen molar-refractivity contribution in [2.24, 2.45) is 11.8 Å². The van der Waals surface area contributed by atoms with Gasteiger partial charge in [-0.25, -0.2) is 0 Å². The summed E-state index contributed by atoms with van der Waals surface area (Å²) < 4.78 is 0. The maximum absolute atomic E-state index is 12.4. The summed E-state index contributed by atoms with van der Waals surface area (Å²) in [5.41, 5.74) is 3.43. The summed E-state index contributed by atoms with van der Waals surface area (Å²) in [5, 5.41) is 12.1. The van der Waals surface area contributed by atoms with Crippen LogP contribution in [-0.2, 0) is 22.4 Å². The largest absolute Gasteiger partial charge is 0.481 e. The Morgan fingerprint density at radius 1 is 1.05 bits per heavy atom. The number of carboxylic acids is 1. The molecule has 2 aliphatic carbocycles. The van der Waals surface area contributed by atoms with Gasteiger partial charge in [0, 0.05) is 5.69 Å². The highest BCUT2D eigenvalue weighted by atomic mass is 16.4. The van der Waals surface area contributed by atoms with Crippen LogP contribution >= 0.6 is 0 Å². The van der Waals surface area contributed by atoms with Gasteiger partial charge in [0.05, 0.1) is 11.8 Å². The van der Waals surface area contributed by atoms with Crippen molar-refractivity contribution >= 4 is 17.6 Å². The van der Waals surface area contributed by atoms with Crippen molar-refractivity contribution in [3.05, 3.63) is 41.5 Å². The van der Waals surface area contributed by atoms with Crippen LogP contribution in [0.25, 0.3) is 0 Å². The normalized spacial score (nSPS) is 23.6. The quantitative estimate of drug-likeness (QED) is 0.839. The van der Waals surface area contributed by atoms with Crippen LogP contribution in [0.2, 0.25) is 0 Å². The Labute approximate surface area is 123 Å². The Hall–Kier alpha value is -2.10. The lowest BCUT2D eigenvalue weighted by Gasteiger charge is -2.24. The minimum atomic E-state index is -0.895. The minimum Gasteiger partial charge on any atom is -0.481 e. The van der Waals surface area contributed by atoms with Gasteiger partial charge in [-0.2, -0.15) is 0 Å². The third-order valence-electron chi connectivity index (χ3n) is 4.45. The van der Waals surface area contributed by atoms with Crippen molar-refractivity contribution in [3.63, 3.8) is 0 Å². The second-order valence-electron chi connectivity index (χ2n) is 5.82. The Morgan fingerprint density at radius 2 is 1.76 bits per heavy atom. The van der Waals surface area contributed by atoms with Crippen molar-refractivity contribution in [2.45, 2.75) is 32.1 Å². The summed E-state index contributed by atoms with van der Waals surface area (Å²) in [6.45, 7) is 0. The standard InChI is InChI=1S/C17H19NO3/c19-16(14-6-1-2-7-15(14)17(20)21)18-13-9-8-11-4-3-5-12(11)10-13/h1-2,8-10,14-15H,3-7H2,(H,18,19)(H,20,21)/t14-,15+/m1/s1. The molecule has 1 aromatic carbocycles. The number of carbonyl (C=O) groups is 2. The van der Waals surface area contributed by atoms with Gasteiger partial charge in [-0.05, 0) is 55.4 Å². The first-order chi connectivity index (χ1) is 10.1. The lowest BCUT2D eigenvalue weighted by atomic mass is 9.82. The molecule has 1 aromatic rings. The summed E-state index contributed by atoms with van der Waals surface area (Å²) in [7, 11) is 0. The van der Waals surface area contributed by atoms with Crippen molar-refractivity contribution in [1.82, 2.24) is 0 Å². The molecule has 0 heterocycles. The van der Waals surface area contributed by atoms with Gasteiger partial charge >= 0.3 is 5.97 Å². The molecular weight excluding hydrogens is 266 g/mol. The zero-order valence-electron chi connectivity index (χ0n) is 11.8. The molecule has 1 amide bonds. The summed E-state index contributed by atoms with van der Waals surface area (Å²) in [6.07, 6.45) is 8.00. The number of aryl methyl sites for hydroxylation is 2. The van der Waals surface area contributed by atoms with E-state index in [1.165, 1.54) is 17.5 Å². The molecule has 0 aliphatic heterocycles. The van der Waals surface area contributed by atoms with E-state index in [0.29, 0.717) is 12.8 Å². The molecule has 0 saturated heterocycles. The number of hydrogen-bond acceptors (Lipinski definition) is 2. The number of carboxylic acid groups (broad SMARTS) is 1. The van der Waals surface area contributed by atoms with Gasteiger partial charge in [-0.15, -0.1) is 0 Å². The SMILES string of the molecule is O=C(O)[C@H]1CC=CC[C@H]1C(=O)Nc1ccc2c(c1)CCC2. The number of carbonyl (C=O) groups excluding carboxylic acids is 1. The average molecular weight is 285 g/mol. The van der Waals surface area contributed by atoms with Crippen LogP contribution in [0.1, 0.15) is 30.4 Å². The van der Waals surface area contributed by atoms with Crippen LogP contribution < -0.4 is 5.32 Å². The Kier molecular flexibility index (Phi) is 3.78. The molecule has 110 valence electrons. The van der Waals surface area contributed by atoms with Crippen LogP contribution in [0.5, 0.6) is 0 Å². The molecule has 3 rings (SSSR count). The molecular formula is C17H19NO3. The van der Waals surface area contributed by atoms with Crippen molar-refractivity contribution in [1.29, 1.82) is 0 Å². The molecule has 0 saturated carbocycles. The van der Waals surface area contributed by atoms with Crippen molar-refractivity contribution < 1.29 is 14.7 Å². The number of benzene rings is 1. The number of nitrogens with one attached hydrogen (secondary N) is 1. The third kappa shape index (κ3) is 2.84. The summed E-state index contributed by atoms with van der Waals surface area (Å²) >= 11 is 0. The molecule has 0 bridgehead atoms. The van der Waals surface area contributed by atoms with Crippen molar-refractivity contribution in [2.75, 3.05) is 5.32 Å². The molecule has 0 spiro atoms. The molecule has 4 heteroatoms. The first-order valence-corrected chi connectivity index (χ1v) is 7.45. The van der Waals surface area contributed by atoms with Crippen LogP contribution in [-0.4, -0.2) is 17.0 Å². The van der Waals surface area contributed by atoms with Gasteiger partial charge < -0.3 is 10.4 Å². The third-order valence-corrected chi connectivity index (χ3v) is 4.45. The predicted octanol–water partition coefficient (Wildman–Crippen LogP) is 2.78. The molecule has 0 aromatic heterocycles. The van der Waals surface area contributed by atoms with E-state index >= 15 is 0 Å². The Morgan fingerprint density at radius 3 is 2.52 bits per heavy atom. The van der Waals surface area contributed by atoms with E-state index in [2.05, 4.69) is 11.4 Å². The number of aliphatic carboxylic acids is 1. The van der Waals surface area contributed by atoms with E-state index < -0.39 is 17.8 Å². The smallest absolute Gasteiger partial charge is 0.307 e. The number of fused-ring (bicyclic) bond motifs is 1. The fourth-order valence-electron chi connectivity index (χ4n) is 3.26. The van der Waals surface area contributed by atoms with E-state index in [-0.39, 0.29) is 5.91 Å². The zero-order valence-corrected chi connectivity index (χ0v) is 11.8. The molecule has 4 nitrogen and oxygen atoms in total. The van der Waals surface area contributed by atoms with Crippen LogP contribution in [0.3, 0.4) is 0 Å². The fraction of sp³-hybridized carbons (Fsp3) is 0.412. The van der Waals surface area contributed by atoms with Gasteiger partial charge in [-0.3, -0.25) is 9.59 Å². The topological polar surface area (TPSA) is 66.4 Å². The molecule has 21 heavy (non-hydrogen) atoms. The number of hydrogen-bond donors (Lipinski definition) is 2. The first-order valence-electron chi connectivity index (χ1n) is 7.45. The van der Waals surface area contributed by atoms with Gasteiger partial charge in [0.1, 0.15) is 0 Å². The lowest BCUT2D eigenvalue weighted by molar-refractivity contribution is -0.146. The average Bonchev–Trinajstić information content (AvgIpc) is 2.94. The van der Waals surface area contributed by atoms with Gasteiger partial charge in [0.15, 0.2) is 0 Å². The molecule has 2 aliphatic rings. The first kappa shape index (κ1) is 13.9. The van der Waals surface area contributed by atoms with Crippen LogP contribution in [0.4, 0.5) is 5.69 Å². The van der Waals surface area contributed by atoms with Crippen LogP contribution in [0, 0.1) is 11.8 Å². The molecule has 2 N–H and O–H groups in total. The highest BCUT2D eigenvalue weighted by Crippen LogP contribution is 2.29. The van der Waals surface area contributed by atoms with Gasteiger partial charge in [0.25, 0.3) is 0 Å². The highest BCUT2D eigenvalue weighted by molar-refractivity contribution is 5.95. The summed E-state index contributed by atoms with van der Waals surface area (Å²) in [6, 6.07) is 6.00. The second kappa shape index (κ2) is 5.72. The van der Waals surface area contributed by atoms with E-state index in [4.69, 9.17) is 0 Å². The maximum Gasteiger partial charge on any atom is 0.307 e. The number of allylic oxidation sites excluding steroid dienone is 2. The number of amides is 1. The Bertz CT molecular complexity index is 606. The monoisotopic (exact) mass is 285 g/mol. The highest BCUT2D eigenvalue weighted by Gasteiger charge is 2.34. The van der Waals surface area contributed by atoms with E-state index in [9.17, 15) is 14.7 Å². The zero-order chi connectivity index (χ0) is 14.8. The number of anilines is 1. The van der Waals surface area contributed by atoms with E-state index in [0.717, 1.165) is 18.5 Å². The fourth-order valence-corrected chi connectivity index (χ4v) is 3.26. The van der Waals surface area contributed by atoms with Crippen LogP contribution in [0.15, 0.2) is 30.4 Å². The Balaban J connectivity index is 1.73. The second-order valence-corrected chi connectivity index (χ2v) is 5.82.